The second kappa shape index (κ2) is 9.25. The number of alkyl carbamates (subject to hydrolysis) is 1. The second-order valence-electron chi connectivity index (χ2n) is 8.28. The van der Waals surface area contributed by atoms with Gasteiger partial charge in [-0.1, -0.05) is 13.8 Å². The molecule has 1 unspecified atom stereocenters. The molecule has 1 atom stereocenters. The van der Waals surface area contributed by atoms with Crippen LogP contribution in [0.15, 0.2) is 11.3 Å². The van der Waals surface area contributed by atoms with E-state index in [-0.39, 0.29) is 6.04 Å². The van der Waals surface area contributed by atoms with Crippen molar-refractivity contribution in [1.29, 1.82) is 0 Å². The molecule has 0 saturated carbocycles. The Bertz CT molecular complexity index is 674. The highest BCUT2D eigenvalue weighted by molar-refractivity contribution is 5.80. The third-order valence-electron chi connectivity index (χ3n) is 5.08. The van der Waals surface area contributed by atoms with Crippen LogP contribution in [0.5, 0.6) is 0 Å². The summed E-state index contributed by atoms with van der Waals surface area (Å²) in [6.45, 7) is 11.0. The zero-order valence-corrected chi connectivity index (χ0v) is 18.0. The summed E-state index contributed by atoms with van der Waals surface area (Å²) in [5.74, 6) is 1.74. The van der Waals surface area contributed by atoms with E-state index in [0.29, 0.717) is 12.5 Å². The molecule has 2 rings (SSSR count). The number of fused-ring (bicyclic) bond motifs is 1. The number of aryl methyl sites for hydroxylation is 1. The molecule has 3 N–H and O–H groups in total. The number of aliphatic imine (C=N–C) groups is 1. The monoisotopic (exact) mass is 393 g/mol. The maximum atomic E-state index is 12.3. The SMILES string of the molecule is CCC(CC)(CNC(=NC)NC1CCc2ncnn2C1)NC(=O)OC(C)(C)C. The molecule has 158 valence electrons. The zero-order valence-electron chi connectivity index (χ0n) is 18.0. The van der Waals surface area contributed by atoms with Crippen LogP contribution in [0, 0.1) is 0 Å². The van der Waals surface area contributed by atoms with Crippen LogP contribution in [0.25, 0.3) is 0 Å². The number of carbonyl (C=O) groups is 1. The van der Waals surface area contributed by atoms with E-state index in [0.717, 1.165) is 38.1 Å². The predicted octanol–water partition coefficient (Wildman–Crippen LogP) is 1.84. The van der Waals surface area contributed by atoms with Crippen LogP contribution < -0.4 is 16.0 Å². The first-order chi connectivity index (χ1) is 13.2. The Morgan fingerprint density at radius 1 is 1.36 bits per heavy atom. The highest BCUT2D eigenvalue weighted by Crippen LogP contribution is 2.16. The molecule has 0 fully saturated rings. The Balaban J connectivity index is 1.92. The lowest BCUT2D eigenvalue weighted by Crippen LogP contribution is -2.58. The van der Waals surface area contributed by atoms with Crippen LogP contribution in [0.4, 0.5) is 4.79 Å². The molecule has 2 heterocycles. The quantitative estimate of drug-likeness (QED) is 0.503. The normalized spacial score (nSPS) is 17.6. The van der Waals surface area contributed by atoms with Crippen LogP contribution in [-0.4, -0.2) is 57.6 Å². The zero-order chi connectivity index (χ0) is 20.8. The van der Waals surface area contributed by atoms with Crippen LogP contribution in [0.1, 0.15) is 59.7 Å². The standard InChI is InChI=1S/C19H35N7O2/c1-7-19(8-2,25-17(27)28-18(3,4)5)12-21-16(20-6)24-14-9-10-15-22-13-23-26(15)11-14/h13-14H,7-12H2,1-6H3,(H,25,27)(H2,20,21,24). The molecule has 9 heteroatoms. The summed E-state index contributed by atoms with van der Waals surface area (Å²) < 4.78 is 7.37. The van der Waals surface area contributed by atoms with E-state index in [1.165, 1.54) is 0 Å². The first-order valence-electron chi connectivity index (χ1n) is 10.1. The number of ether oxygens (including phenoxy) is 1. The number of rotatable bonds is 6. The lowest BCUT2D eigenvalue weighted by atomic mass is 9.93. The first kappa shape index (κ1) is 22.0. The molecule has 1 aliphatic heterocycles. The molecule has 1 aromatic rings. The fourth-order valence-electron chi connectivity index (χ4n) is 3.24. The van der Waals surface area contributed by atoms with Crippen molar-refractivity contribution in [3.05, 3.63) is 12.2 Å². The van der Waals surface area contributed by atoms with E-state index in [1.54, 1.807) is 13.4 Å². The highest BCUT2D eigenvalue weighted by Gasteiger charge is 2.31. The maximum absolute atomic E-state index is 12.3. The molecule has 28 heavy (non-hydrogen) atoms. The summed E-state index contributed by atoms with van der Waals surface area (Å²) >= 11 is 0. The number of hydrogen-bond acceptors (Lipinski definition) is 5. The van der Waals surface area contributed by atoms with E-state index in [4.69, 9.17) is 4.74 Å². The van der Waals surface area contributed by atoms with Gasteiger partial charge >= 0.3 is 6.09 Å². The molecular weight excluding hydrogens is 358 g/mol. The molecule has 1 aliphatic rings. The van der Waals surface area contributed by atoms with E-state index < -0.39 is 17.2 Å². The Morgan fingerprint density at radius 3 is 2.68 bits per heavy atom. The van der Waals surface area contributed by atoms with Crippen molar-refractivity contribution in [2.75, 3.05) is 13.6 Å². The molecule has 0 aromatic carbocycles. The smallest absolute Gasteiger partial charge is 0.408 e. The van der Waals surface area contributed by atoms with Gasteiger partial charge < -0.3 is 20.7 Å². The maximum Gasteiger partial charge on any atom is 0.408 e. The van der Waals surface area contributed by atoms with Gasteiger partial charge in [-0.3, -0.25) is 4.99 Å². The lowest BCUT2D eigenvalue weighted by molar-refractivity contribution is 0.0448. The summed E-state index contributed by atoms with van der Waals surface area (Å²) in [6, 6.07) is 0.233. The van der Waals surface area contributed by atoms with Gasteiger partial charge in [0, 0.05) is 26.1 Å². The topological polar surface area (TPSA) is 105 Å². The van der Waals surface area contributed by atoms with Crippen molar-refractivity contribution in [2.45, 2.75) is 84.0 Å². The van der Waals surface area contributed by atoms with Crippen LogP contribution in [-0.2, 0) is 17.7 Å². The van der Waals surface area contributed by atoms with Gasteiger partial charge in [0.2, 0.25) is 0 Å². The third-order valence-corrected chi connectivity index (χ3v) is 5.08. The summed E-state index contributed by atoms with van der Waals surface area (Å²) in [5.41, 5.74) is -0.935. The Labute approximate surface area is 167 Å². The van der Waals surface area contributed by atoms with Crippen molar-refractivity contribution in [3.8, 4) is 0 Å². The minimum absolute atomic E-state index is 0.233. The number of hydrogen-bond donors (Lipinski definition) is 3. The molecule has 0 bridgehead atoms. The van der Waals surface area contributed by atoms with E-state index in [2.05, 4.69) is 44.9 Å². The first-order valence-corrected chi connectivity index (χ1v) is 10.1. The van der Waals surface area contributed by atoms with Gasteiger partial charge in [-0.25, -0.2) is 14.5 Å². The van der Waals surface area contributed by atoms with Gasteiger partial charge in [0.15, 0.2) is 5.96 Å². The average Bonchev–Trinajstić information content (AvgIpc) is 3.10. The average molecular weight is 394 g/mol. The molecule has 0 spiro atoms. The van der Waals surface area contributed by atoms with E-state index in [1.807, 2.05) is 25.5 Å². The Hall–Kier alpha value is -2.32. The summed E-state index contributed by atoms with van der Waals surface area (Å²) in [5, 5.41) is 14.1. The van der Waals surface area contributed by atoms with Crippen molar-refractivity contribution in [1.82, 2.24) is 30.7 Å². The van der Waals surface area contributed by atoms with Crippen molar-refractivity contribution in [2.24, 2.45) is 4.99 Å². The lowest BCUT2D eigenvalue weighted by Gasteiger charge is -2.35. The molecule has 0 saturated heterocycles. The van der Waals surface area contributed by atoms with E-state index in [9.17, 15) is 4.79 Å². The minimum Gasteiger partial charge on any atom is -0.444 e. The number of guanidine groups is 1. The van der Waals surface area contributed by atoms with Crippen molar-refractivity contribution < 1.29 is 9.53 Å². The Morgan fingerprint density at radius 2 is 2.07 bits per heavy atom. The van der Waals surface area contributed by atoms with Gasteiger partial charge in [0.25, 0.3) is 0 Å². The molecular formula is C19H35N7O2. The number of nitrogens with zero attached hydrogens (tertiary/aromatic N) is 4. The molecule has 1 aromatic heterocycles. The molecule has 1 amide bonds. The Kier molecular flexibility index (Phi) is 7.26. The third kappa shape index (κ3) is 6.10. The summed E-state index contributed by atoms with van der Waals surface area (Å²) in [7, 11) is 1.75. The number of amides is 1. The largest absolute Gasteiger partial charge is 0.444 e. The van der Waals surface area contributed by atoms with Gasteiger partial charge in [0.1, 0.15) is 17.8 Å². The molecule has 0 aliphatic carbocycles. The minimum atomic E-state index is -0.524. The summed E-state index contributed by atoms with van der Waals surface area (Å²) in [6.07, 6.45) is 4.62. The van der Waals surface area contributed by atoms with Gasteiger partial charge in [-0.15, -0.1) is 0 Å². The van der Waals surface area contributed by atoms with Crippen molar-refractivity contribution in [3.63, 3.8) is 0 Å². The number of carbonyl (C=O) groups excluding carboxylic acids is 1. The predicted molar refractivity (Wildman–Crippen MR) is 109 cm³/mol. The van der Waals surface area contributed by atoms with Gasteiger partial charge in [-0.2, -0.15) is 5.10 Å². The van der Waals surface area contributed by atoms with Gasteiger partial charge in [-0.05, 0) is 40.0 Å². The van der Waals surface area contributed by atoms with E-state index >= 15 is 0 Å². The highest BCUT2D eigenvalue weighted by atomic mass is 16.6. The number of aromatic nitrogens is 3. The fourth-order valence-corrected chi connectivity index (χ4v) is 3.24. The fraction of sp³-hybridized carbons (Fsp3) is 0.789. The number of nitrogens with one attached hydrogen (secondary N) is 3. The van der Waals surface area contributed by atoms with Gasteiger partial charge in [0.05, 0.1) is 12.1 Å². The van der Waals surface area contributed by atoms with Crippen LogP contribution >= 0.6 is 0 Å². The second-order valence-corrected chi connectivity index (χ2v) is 8.28. The van der Waals surface area contributed by atoms with Crippen LogP contribution in [0.2, 0.25) is 0 Å². The van der Waals surface area contributed by atoms with Crippen molar-refractivity contribution >= 4 is 12.1 Å². The summed E-state index contributed by atoms with van der Waals surface area (Å²) in [4.78, 5) is 20.9. The van der Waals surface area contributed by atoms with Crippen LogP contribution in [0.3, 0.4) is 0 Å². The molecule has 9 nitrogen and oxygen atoms in total. The molecule has 0 radical (unpaired) electrons.